The van der Waals surface area contributed by atoms with Crippen LogP contribution in [-0.2, 0) is 0 Å². The quantitative estimate of drug-likeness (QED) is 0.787. The van der Waals surface area contributed by atoms with Gasteiger partial charge in [-0.1, -0.05) is 6.07 Å². The van der Waals surface area contributed by atoms with Crippen molar-refractivity contribution in [1.29, 1.82) is 0 Å². The molecule has 0 unspecified atom stereocenters. The van der Waals surface area contributed by atoms with E-state index >= 15 is 0 Å². The second kappa shape index (κ2) is 5.08. The summed E-state index contributed by atoms with van der Waals surface area (Å²) in [4.78, 5) is 12.8. The highest BCUT2D eigenvalue weighted by molar-refractivity contribution is 5.88. The molecule has 1 N–H and O–H groups in total. The Balaban J connectivity index is 1.49. The van der Waals surface area contributed by atoms with E-state index in [1.165, 1.54) is 39.8 Å². The van der Waals surface area contributed by atoms with Crippen LogP contribution in [0.4, 0.5) is 5.69 Å². The summed E-state index contributed by atoms with van der Waals surface area (Å²) >= 11 is 0. The first kappa shape index (κ1) is 14.1. The summed E-state index contributed by atoms with van der Waals surface area (Å²) in [6.07, 6.45) is 6.05. The van der Waals surface area contributed by atoms with Gasteiger partial charge < -0.3 is 14.8 Å². The van der Waals surface area contributed by atoms with Crippen LogP contribution in [0.3, 0.4) is 0 Å². The van der Waals surface area contributed by atoms with Crippen LogP contribution >= 0.6 is 0 Å². The van der Waals surface area contributed by atoms with Crippen LogP contribution in [0, 0.1) is 12.8 Å². The number of benzene rings is 1. The van der Waals surface area contributed by atoms with Crippen molar-refractivity contribution in [3.8, 4) is 11.1 Å². The monoisotopic (exact) mass is 318 g/mol. The zero-order valence-electron chi connectivity index (χ0n) is 14.2. The highest BCUT2D eigenvalue weighted by Gasteiger charge is 2.43. The van der Waals surface area contributed by atoms with Gasteiger partial charge in [-0.25, -0.2) is 0 Å². The van der Waals surface area contributed by atoms with E-state index in [-0.39, 0.29) is 0 Å². The highest BCUT2D eigenvalue weighted by Crippen LogP contribution is 2.35. The van der Waals surface area contributed by atoms with E-state index in [9.17, 15) is 0 Å². The Bertz CT molecular complexity index is 913. The maximum Gasteiger partial charge on any atom is 0.0559 e. The lowest BCUT2D eigenvalue weighted by Crippen LogP contribution is -2.52. The van der Waals surface area contributed by atoms with E-state index in [2.05, 4.69) is 64.2 Å². The SMILES string of the molecule is Cc1c[nH]c2ccc(-c3cncc(N4C[C@@H]5CN(C)[C@@H]5C4)c3)cc12. The molecule has 1 aromatic carbocycles. The van der Waals surface area contributed by atoms with Crippen LogP contribution < -0.4 is 4.90 Å². The number of anilines is 1. The molecule has 0 amide bonds. The molecular weight excluding hydrogens is 296 g/mol. The second-order valence-electron chi connectivity index (χ2n) is 7.34. The fourth-order valence-corrected chi connectivity index (χ4v) is 4.31. The van der Waals surface area contributed by atoms with Gasteiger partial charge in [-0.2, -0.15) is 0 Å². The van der Waals surface area contributed by atoms with Crippen LogP contribution in [0.1, 0.15) is 5.56 Å². The number of fused-ring (bicyclic) bond motifs is 2. The molecule has 4 heterocycles. The molecule has 0 aliphatic carbocycles. The summed E-state index contributed by atoms with van der Waals surface area (Å²) < 4.78 is 0. The first-order valence-corrected chi connectivity index (χ1v) is 8.67. The third-order valence-electron chi connectivity index (χ3n) is 5.81. The Morgan fingerprint density at radius 1 is 1.08 bits per heavy atom. The van der Waals surface area contributed by atoms with Crippen molar-refractivity contribution in [3.05, 3.63) is 48.4 Å². The summed E-state index contributed by atoms with van der Waals surface area (Å²) in [6.45, 7) is 5.67. The first-order valence-electron chi connectivity index (χ1n) is 8.67. The number of aromatic amines is 1. The molecule has 0 saturated carbocycles. The summed E-state index contributed by atoms with van der Waals surface area (Å²) in [5.74, 6) is 0.831. The molecule has 0 radical (unpaired) electrons. The van der Waals surface area contributed by atoms with Crippen molar-refractivity contribution >= 4 is 16.6 Å². The number of rotatable bonds is 2. The summed E-state index contributed by atoms with van der Waals surface area (Å²) in [7, 11) is 2.23. The molecule has 0 spiro atoms. The minimum absolute atomic E-state index is 0.729. The number of nitrogens with one attached hydrogen (secondary N) is 1. The van der Waals surface area contributed by atoms with Gasteiger partial charge in [0.1, 0.15) is 0 Å². The Kier molecular flexibility index (Phi) is 2.98. The number of H-pyrrole nitrogens is 1. The fraction of sp³-hybridized carbons (Fsp3) is 0.350. The lowest BCUT2D eigenvalue weighted by Gasteiger charge is -2.40. The molecule has 2 aliphatic rings. The van der Waals surface area contributed by atoms with Gasteiger partial charge in [-0.15, -0.1) is 0 Å². The van der Waals surface area contributed by atoms with E-state index < -0.39 is 0 Å². The average Bonchev–Trinajstić information content (AvgIpc) is 3.15. The molecular formula is C20H22N4. The Morgan fingerprint density at radius 3 is 2.83 bits per heavy atom. The topological polar surface area (TPSA) is 35.2 Å². The predicted molar refractivity (Wildman–Crippen MR) is 98.4 cm³/mol. The van der Waals surface area contributed by atoms with Crippen molar-refractivity contribution in [2.24, 2.45) is 5.92 Å². The standard InChI is InChI=1S/C20H22N4/c1-13-7-22-19-4-3-14(6-18(13)19)15-5-17(9-21-8-15)24-11-16-10-23(2)20(16)12-24/h3-9,16,20,22H,10-12H2,1-2H3/t16-,20+/m0/s1. The zero-order chi connectivity index (χ0) is 16.3. The lowest BCUT2D eigenvalue weighted by atomic mass is 9.93. The van der Waals surface area contributed by atoms with E-state index in [1.54, 1.807) is 0 Å². The van der Waals surface area contributed by atoms with Crippen molar-refractivity contribution in [2.45, 2.75) is 13.0 Å². The molecule has 3 aromatic rings. The molecule has 2 fully saturated rings. The molecule has 24 heavy (non-hydrogen) atoms. The molecule has 2 saturated heterocycles. The maximum absolute atomic E-state index is 4.52. The van der Waals surface area contributed by atoms with Gasteiger partial charge in [0.05, 0.1) is 11.9 Å². The third kappa shape index (κ3) is 2.06. The fourth-order valence-electron chi connectivity index (χ4n) is 4.31. The predicted octanol–water partition coefficient (Wildman–Crippen LogP) is 3.29. The molecule has 4 heteroatoms. The van der Waals surface area contributed by atoms with Gasteiger partial charge in [0.25, 0.3) is 0 Å². The van der Waals surface area contributed by atoms with Gasteiger partial charge in [0, 0.05) is 60.5 Å². The number of nitrogens with zero attached hydrogens (tertiary/aromatic N) is 3. The van der Waals surface area contributed by atoms with Gasteiger partial charge >= 0.3 is 0 Å². The molecule has 2 aromatic heterocycles. The number of pyridine rings is 1. The first-order chi connectivity index (χ1) is 11.7. The highest BCUT2D eigenvalue weighted by atomic mass is 15.3. The number of aromatic nitrogens is 2. The number of hydrogen-bond acceptors (Lipinski definition) is 3. The normalized spacial score (nSPS) is 23.5. The second-order valence-corrected chi connectivity index (χ2v) is 7.34. The number of likely N-dealkylation sites (N-methyl/N-ethyl adjacent to an activating group) is 1. The Morgan fingerprint density at radius 2 is 2.00 bits per heavy atom. The van der Waals surface area contributed by atoms with E-state index in [0.717, 1.165) is 25.0 Å². The van der Waals surface area contributed by atoms with Crippen LogP contribution in [0.25, 0.3) is 22.0 Å². The van der Waals surface area contributed by atoms with Gasteiger partial charge in [0.2, 0.25) is 0 Å². The lowest BCUT2D eigenvalue weighted by molar-refractivity contribution is 0.0827. The van der Waals surface area contributed by atoms with Crippen LogP contribution in [0.2, 0.25) is 0 Å². The number of likely N-dealkylation sites (tertiary alicyclic amines) is 1. The summed E-state index contributed by atoms with van der Waals surface area (Å²) in [5, 5.41) is 1.29. The third-order valence-corrected chi connectivity index (χ3v) is 5.81. The van der Waals surface area contributed by atoms with Gasteiger partial charge in [0.15, 0.2) is 0 Å². The largest absolute Gasteiger partial charge is 0.368 e. The van der Waals surface area contributed by atoms with Crippen molar-refractivity contribution < 1.29 is 0 Å². The van der Waals surface area contributed by atoms with Crippen molar-refractivity contribution in [3.63, 3.8) is 0 Å². The van der Waals surface area contributed by atoms with Crippen LogP contribution in [-0.4, -0.2) is 47.6 Å². The minimum Gasteiger partial charge on any atom is -0.368 e. The van der Waals surface area contributed by atoms with E-state index in [0.29, 0.717) is 0 Å². The molecule has 0 bridgehead atoms. The van der Waals surface area contributed by atoms with E-state index in [4.69, 9.17) is 0 Å². The molecule has 2 aliphatic heterocycles. The van der Waals surface area contributed by atoms with Crippen molar-refractivity contribution in [2.75, 3.05) is 31.6 Å². The van der Waals surface area contributed by atoms with Crippen LogP contribution in [0.15, 0.2) is 42.9 Å². The molecule has 4 nitrogen and oxygen atoms in total. The molecule has 5 rings (SSSR count). The minimum atomic E-state index is 0.729. The van der Waals surface area contributed by atoms with Crippen LogP contribution in [0.5, 0.6) is 0 Å². The average molecular weight is 318 g/mol. The Labute approximate surface area is 142 Å². The van der Waals surface area contributed by atoms with Gasteiger partial charge in [-0.05, 0) is 43.3 Å². The summed E-state index contributed by atoms with van der Waals surface area (Å²) in [5.41, 5.74) is 6.16. The van der Waals surface area contributed by atoms with Crippen molar-refractivity contribution in [1.82, 2.24) is 14.9 Å². The molecule has 122 valence electrons. The maximum atomic E-state index is 4.52. The Hall–Kier alpha value is -2.33. The zero-order valence-corrected chi connectivity index (χ0v) is 14.2. The molecule has 2 atom stereocenters. The van der Waals surface area contributed by atoms with E-state index in [1.807, 2.05) is 12.4 Å². The smallest absolute Gasteiger partial charge is 0.0559 e. The summed E-state index contributed by atoms with van der Waals surface area (Å²) in [6, 6.07) is 9.63. The number of hydrogen-bond donors (Lipinski definition) is 1. The van der Waals surface area contributed by atoms with Gasteiger partial charge in [-0.3, -0.25) is 4.98 Å². The number of aryl methyl sites for hydroxylation is 1.